The van der Waals surface area contributed by atoms with Crippen LogP contribution in [0.5, 0.6) is 5.75 Å². The molecule has 4 nitrogen and oxygen atoms in total. The number of carbonyl (C=O) groups is 1. The summed E-state index contributed by atoms with van der Waals surface area (Å²) in [5.74, 6) is -2.61. The van der Waals surface area contributed by atoms with E-state index in [0.29, 0.717) is 0 Å². The first kappa shape index (κ1) is 14.4. The van der Waals surface area contributed by atoms with Gasteiger partial charge in [-0.25, -0.2) is 8.78 Å². The number of carbonyl (C=O) groups excluding carboxylic acids is 1. The summed E-state index contributed by atoms with van der Waals surface area (Å²) in [5.41, 5.74) is 5.50. The monoisotopic (exact) mass is 259 g/mol. The zero-order valence-corrected chi connectivity index (χ0v) is 9.99. The third-order valence-corrected chi connectivity index (χ3v) is 2.18. The van der Waals surface area contributed by atoms with E-state index in [4.69, 9.17) is 10.5 Å². The van der Waals surface area contributed by atoms with Crippen molar-refractivity contribution in [3.63, 3.8) is 0 Å². The average molecular weight is 259 g/mol. The molecule has 0 aromatic heterocycles. The topological polar surface area (TPSA) is 61.5 Å². The minimum absolute atomic E-state index is 0.0716. The fraction of sp³-hybridized carbons (Fsp3) is 0.417. The van der Waals surface area contributed by atoms with Crippen LogP contribution >= 0.6 is 0 Å². The Bertz CT molecular complexity index is 392. The van der Waals surface area contributed by atoms with Crippen LogP contribution < -0.4 is 10.5 Å². The molecule has 6 heteroatoms. The van der Waals surface area contributed by atoms with E-state index in [-0.39, 0.29) is 19.6 Å². The largest absolute Gasteiger partial charge is 0.488 e. The smallest absolute Gasteiger partial charge is 0.323 e. The quantitative estimate of drug-likeness (QED) is 0.789. The summed E-state index contributed by atoms with van der Waals surface area (Å²) in [6, 6.07) is 2.55. The van der Waals surface area contributed by atoms with Crippen molar-refractivity contribution in [3.05, 3.63) is 29.8 Å². The van der Waals surface area contributed by atoms with Crippen LogP contribution in [0.3, 0.4) is 0 Å². The number of para-hydroxylation sites is 1. The lowest BCUT2D eigenvalue weighted by Crippen LogP contribution is -2.33. The van der Waals surface area contributed by atoms with Gasteiger partial charge in [0.15, 0.2) is 17.4 Å². The Balaban J connectivity index is 2.44. The number of rotatable bonds is 6. The Labute approximate surface area is 104 Å². The Kier molecular flexibility index (Phi) is 5.51. The Morgan fingerprint density at radius 3 is 2.56 bits per heavy atom. The second-order valence-electron chi connectivity index (χ2n) is 3.55. The van der Waals surface area contributed by atoms with Gasteiger partial charge in [0, 0.05) is 6.42 Å². The van der Waals surface area contributed by atoms with E-state index in [1.165, 1.54) is 6.07 Å². The molecule has 0 radical (unpaired) electrons. The predicted molar refractivity (Wildman–Crippen MR) is 61.1 cm³/mol. The minimum Gasteiger partial charge on any atom is -0.488 e. The van der Waals surface area contributed by atoms with Crippen molar-refractivity contribution in [3.8, 4) is 5.75 Å². The molecular formula is C12H15F2NO3. The second kappa shape index (κ2) is 6.90. The summed E-state index contributed by atoms with van der Waals surface area (Å²) in [6.07, 6.45) is 0.118. The highest BCUT2D eigenvalue weighted by Gasteiger charge is 2.15. The van der Waals surface area contributed by atoms with E-state index in [2.05, 4.69) is 4.74 Å². The van der Waals surface area contributed by atoms with Crippen molar-refractivity contribution < 1.29 is 23.0 Å². The van der Waals surface area contributed by atoms with Crippen molar-refractivity contribution in [1.29, 1.82) is 0 Å². The number of benzene rings is 1. The Hall–Kier alpha value is -1.69. The van der Waals surface area contributed by atoms with Gasteiger partial charge >= 0.3 is 5.97 Å². The van der Waals surface area contributed by atoms with Crippen LogP contribution in [0.2, 0.25) is 0 Å². The fourth-order valence-electron chi connectivity index (χ4n) is 1.28. The van der Waals surface area contributed by atoms with Crippen LogP contribution in [-0.2, 0) is 9.53 Å². The van der Waals surface area contributed by atoms with Gasteiger partial charge in [-0.2, -0.15) is 0 Å². The van der Waals surface area contributed by atoms with Crippen molar-refractivity contribution >= 4 is 5.97 Å². The molecule has 0 heterocycles. The molecular weight excluding hydrogens is 244 g/mol. The number of hydrogen-bond acceptors (Lipinski definition) is 4. The van der Waals surface area contributed by atoms with Crippen molar-refractivity contribution in [2.24, 2.45) is 5.73 Å². The first-order chi connectivity index (χ1) is 8.56. The van der Waals surface area contributed by atoms with Gasteiger partial charge in [-0.05, 0) is 19.1 Å². The summed E-state index contributed by atoms with van der Waals surface area (Å²) < 4.78 is 35.9. The van der Waals surface area contributed by atoms with Crippen LogP contribution in [-0.4, -0.2) is 25.2 Å². The van der Waals surface area contributed by atoms with Crippen molar-refractivity contribution in [2.75, 3.05) is 13.2 Å². The number of halogens is 2. The molecule has 0 amide bonds. The molecule has 0 aliphatic carbocycles. The molecule has 1 atom stereocenters. The maximum Gasteiger partial charge on any atom is 0.323 e. The maximum absolute atomic E-state index is 13.2. The summed E-state index contributed by atoms with van der Waals surface area (Å²) in [7, 11) is 0. The predicted octanol–water partition coefficient (Wildman–Crippen LogP) is 1.62. The third-order valence-electron chi connectivity index (χ3n) is 2.18. The Morgan fingerprint density at radius 1 is 1.39 bits per heavy atom. The number of esters is 1. The van der Waals surface area contributed by atoms with E-state index in [1.54, 1.807) is 6.92 Å². The van der Waals surface area contributed by atoms with Gasteiger partial charge < -0.3 is 15.2 Å². The average Bonchev–Trinajstić information content (AvgIpc) is 2.33. The molecule has 0 saturated carbocycles. The van der Waals surface area contributed by atoms with E-state index in [1.807, 2.05) is 0 Å². The van der Waals surface area contributed by atoms with Gasteiger partial charge in [-0.15, -0.1) is 0 Å². The summed E-state index contributed by atoms with van der Waals surface area (Å²) in [4.78, 5) is 11.2. The minimum atomic E-state index is -0.861. The lowest BCUT2D eigenvalue weighted by molar-refractivity contribution is -0.145. The number of ether oxygens (including phenoxy) is 2. The molecule has 0 aliphatic rings. The lowest BCUT2D eigenvalue weighted by atomic mass is 10.2. The van der Waals surface area contributed by atoms with Gasteiger partial charge in [-0.3, -0.25) is 4.79 Å². The SMILES string of the molecule is CCOC(=O)C(N)CCOc1c(F)cccc1F. The van der Waals surface area contributed by atoms with Crippen LogP contribution in [0.1, 0.15) is 13.3 Å². The molecule has 100 valence electrons. The first-order valence-corrected chi connectivity index (χ1v) is 5.55. The maximum atomic E-state index is 13.2. The Morgan fingerprint density at radius 2 is 2.00 bits per heavy atom. The molecule has 1 unspecified atom stereocenters. The van der Waals surface area contributed by atoms with Gasteiger partial charge in [0.25, 0.3) is 0 Å². The zero-order valence-electron chi connectivity index (χ0n) is 9.99. The van der Waals surface area contributed by atoms with E-state index in [9.17, 15) is 13.6 Å². The van der Waals surface area contributed by atoms with Crippen LogP contribution in [0.25, 0.3) is 0 Å². The molecule has 1 aromatic carbocycles. The van der Waals surface area contributed by atoms with Crippen LogP contribution in [0, 0.1) is 11.6 Å². The molecule has 0 spiro atoms. The highest BCUT2D eigenvalue weighted by Crippen LogP contribution is 2.20. The van der Waals surface area contributed by atoms with Crippen LogP contribution in [0.4, 0.5) is 8.78 Å². The van der Waals surface area contributed by atoms with Crippen molar-refractivity contribution in [1.82, 2.24) is 0 Å². The van der Waals surface area contributed by atoms with E-state index >= 15 is 0 Å². The van der Waals surface area contributed by atoms with E-state index < -0.39 is 29.4 Å². The zero-order chi connectivity index (χ0) is 13.5. The summed E-state index contributed by atoms with van der Waals surface area (Å²) in [5, 5.41) is 0. The fourth-order valence-corrected chi connectivity index (χ4v) is 1.28. The number of nitrogens with two attached hydrogens (primary N) is 1. The number of hydrogen-bond donors (Lipinski definition) is 1. The van der Waals surface area contributed by atoms with Gasteiger partial charge in [0.2, 0.25) is 0 Å². The van der Waals surface area contributed by atoms with Crippen molar-refractivity contribution in [2.45, 2.75) is 19.4 Å². The molecule has 0 aliphatic heterocycles. The highest BCUT2D eigenvalue weighted by atomic mass is 19.1. The standard InChI is InChI=1S/C12H15F2NO3/c1-2-17-12(16)10(15)6-7-18-11-8(13)4-3-5-9(11)14/h3-5,10H,2,6-7,15H2,1H3. The molecule has 0 saturated heterocycles. The van der Waals surface area contributed by atoms with Gasteiger partial charge in [0.1, 0.15) is 6.04 Å². The second-order valence-corrected chi connectivity index (χ2v) is 3.55. The summed E-state index contributed by atoms with van der Waals surface area (Å²) in [6.45, 7) is 1.82. The molecule has 0 fully saturated rings. The summed E-state index contributed by atoms with van der Waals surface area (Å²) >= 11 is 0. The van der Waals surface area contributed by atoms with Gasteiger partial charge in [0.05, 0.1) is 13.2 Å². The van der Waals surface area contributed by atoms with E-state index in [0.717, 1.165) is 12.1 Å². The molecule has 1 rings (SSSR count). The normalized spacial score (nSPS) is 12.0. The highest BCUT2D eigenvalue weighted by molar-refractivity contribution is 5.75. The van der Waals surface area contributed by atoms with Crippen LogP contribution in [0.15, 0.2) is 18.2 Å². The molecule has 18 heavy (non-hydrogen) atoms. The molecule has 0 bridgehead atoms. The first-order valence-electron chi connectivity index (χ1n) is 5.55. The molecule has 2 N–H and O–H groups in total. The third kappa shape index (κ3) is 3.96. The van der Waals surface area contributed by atoms with Gasteiger partial charge in [-0.1, -0.05) is 6.07 Å². The molecule has 1 aromatic rings. The lowest BCUT2D eigenvalue weighted by Gasteiger charge is -2.12.